The van der Waals surface area contributed by atoms with Gasteiger partial charge in [-0.05, 0) is 31.5 Å². The van der Waals surface area contributed by atoms with Gasteiger partial charge in [-0.15, -0.1) is 0 Å². The predicted octanol–water partition coefficient (Wildman–Crippen LogP) is 0.382. The molecule has 7 heteroatoms. The van der Waals surface area contributed by atoms with Crippen molar-refractivity contribution < 1.29 is 23.6 Å². The highest BCUT2D eigenvalue weighted by Crippen LogP contribution is 2.29. The summed E-state index contributed by atoms with van der Waals surface area (Å²) in [5.41, 5.74) is 2.02. The number of methoxy groups -OCH3 is 1. The fraction of sp³-hybridized carbons (Fsp3) is 0.524. The molecule has 28 heavy (non-hydrogen) atoms. The second-order valence-corrected chi connectivity index (χ2v) is 7.26. The van der Waals surface area contributed by atoms with E-state index in [2.05, 4.69) is 5.32 Å². The van der Waals surface area contributed by atoms with Gasteiger partial charge in [0.25, 0.3) is 0 Å². The maximum absolute atomic E-state index is 12.5. The van der Waals surface area contributed by atoms with Crippen molar-refractivity contribution in [1.82, 2.24) is 5.32 Å². The zero-order chi connectivity index (χ0) is 20.1. The van der Waals surface area contributed by atoms with Crippen molar-refractivity contribution in [3.63, 3.8) is 0 Å². The molecule has 1 aliphatic rings. The molecule has 0 spiro atoms. The van der Waals surface area contributed by atoms with Crippen molar-refractivity contribution in [1.29, 1.82) is 0 Å². The van der Waals surface area contributed by atoms with E-state index in [4.69, 9.17) is 13.9 Å². The Kier molecular flexibility index (Phi) is 6.70. The number of aryl methyl sites for hydroxylation is 2. The standard InChI is InChI=1S/C21H28N2O5/c1-14-16-5-6-18(26-3)15(2)20(16)28-21(25)17(14)13-19(24)22-7-4-8-23-9-11-27-12-10-23/h5-6H,4,7-13H2,1-3H3,(H,22,24)/p+1. The minimum absolute atomic E-state index is 0.0274. The molecule has 2 aromatic rings. The lowest BCUT2D eigenvalue weighted by atomic mass is 10.0. The van der Waals surface area contributed by atoms with Crippen LogP contribution in [0.4, 0.5) is 0 Å². The van der Waals surface area contributed by atoms with Crippen LogP contribution in [0.25, 0.3) is 11.0 Å². The van der Waals surface area contributed by atoms with Crippen molar-refractivity contribution in [2.45, 2.75) is 26.7 Å². The number of carbonyl (C=O) groups excluding carboxylic acids is 1. The summed E-state index contributed by atoms with van der Waals surface area (Å²) in [7, 11) is 1.58. The Morgan fingerprint density at radius 1 is 1.21 bits per heavy atom. The van der Waals surface area contributed by atoms with Gasteiger partial charge >= 0.3 is 5.63 Å². The van der Waals surface area contributed by atoms with Crippen molar-refractivity contribution >= 4 is 16.9 Å². The monoisotopic (exact) mass is 389 g/mol. The Morgan fingerprint density at radius 2 is 1.96 bits per heavy atom. The molecule has 0 saturated carbocycles. The van der Waals surface area contributed by atoms with E-state index in [9.17, 15) is 9.59 Å². The van der Waals surface area contributed by atoms with Gasteiger partial charge in [0, 0.05) is 23.9 Å². The Balaban J connectivity index is 1.63. The van der Waals surface area contributed by atoms with Gasteiger partial charge in [0.05, 0.1) is 38.9 Å². The van der Waals surface area contributed by atoms with Gasteiger partial charge in [0.15, 0.2) is 0 Å². The minimum atomic E-state index is -0.464. The summed E-state index contributed by atoms with van der Waals surface area (Å²) >= 11 is 0. The predicted molar refractivity (Wildman–Crippen MR) is 106 cm³/mol. The molecule has 7 nitrogen and oxygen atoms in total. The first-order chi connectivity index (χ1) is 13.5. The zero-order valence-corrected chi connectivity index (χ0v) is 16.9. The first-order valence-corrected chi connectivity index (χ1v) is 9.79. The first-order valence-electron chi connectivity index (χ1n) is 9.79. The topological polar surface area (TPSA) is 82.2 Å². The number of benzene rings is 1. The van der Waals surface area contributed by atoms with Crippen LogP contribution in [0.15, 0.2) is 21.3 Å². The van der Waals surface area contributed by atoms with Crippen LogP contribution in [0.2, 0.25) is 0 Å². The summed E-state index contributed by atoms with van der Waals surface area (Å²) in [6, 6.07) is 3.72. The Hall–Kier alpha value is -2.38. The number of hydrogen-bond donors (Lipinski definition) is 2. The van der Waals surface area contributed by atoms with Gasteiger partial charge < -0.3 is 24.1 Å². The number of amides is 1. The minimum Gasteiger partial charge on any atom is -0.496 e. The Bertz CT molecular complexity index is 900. The Morgan fingerprint density at radius 3 is 2.68 bits per heavy atom. The summed E-state index contributed by atoms with van der Waals surface area (Å²) in [6.45, 7) is 9.00. The van der Waals surface area contributed by atoms with E-state index in [1.807, 2.05) is 26.0 Å². The molecule has 3 rings (SSSR count). The lowest BCUT2D eigenvalue weighted by molar-refractivity contribution is -0.908. The highest BCUT2D eigenvalue weighted by molar-refractivity contribution is 5.87. The Labute approximate surface area is 164 Å². The number of rotatable bonds is 7. The van der Waals surface area contributed by atoms with Crippen molar-refractivity contribution in [2.24, 2.45) is 0 Å². The third-order valence-corrected chi connectivity index (χ3v) is 5.44. The summed E-state index contributed by atoms with van der Waals surface area (Å²) in [5.74, 6) is 0.514. The van der Waals surface area contributed by atoms with Crippen LogP contribution in [0.3, 0.4) is 0 Å². The second kappa shape index (κ2) is 9.21. The fourth-order valence-electron chi connectivity index (χ4n) is 3.70. The first kappa shape index (κ1) is 20.4. The molecule has 2 heterocycles. The number of ether oxygens (including phenoxy) is 2. The lowest BCUT2D eigenvalue weighted by Gasteiger charge is -2.23. The molecular weight excluding hydrogens is 360 g/mol. The van der Waals surface area contributed by atoms with E-state index < -0.39 is 5.63 Å². The van der Waals surface area contributed by atoms with E-state index in [1.54, 1.807) is 7.11 Å². The molecule has 1 amide bonds. The van der Waals surface area contributed by atoms with E-state index in [0.717, 1.165) is 55.8 Å². The maximum atomic E-state index is 12.5. The van der Waals surface area contributed by atoms with Crippen LogP contribution in [0.5, 0.6) is 5.75 Å². The average molecular weight is 389 g/mol. The SMILES string of the molecule is COc1ccc2c(C)c(CC(=O)NCCC[NH+]3CCOCC3)c(=O)oc2c1C. The number of carbonyl (C=O) groups is 1. The maximum Gasteiger partial charge on any atom is 0.340 e. The van der Waals surface area contributed by atoms with Crippen LogP contribution in [0.1, 0.15) is 23.1 Å². The molecule has 1 saturated heterocycles. The zero-order valence-electron chi connectivity index (χ0n) is 16.9. The lowest BCUT2D eigenvalue weighted by Crippen LogP contribution is -3.14. The van der Waals surface area contributed by atoms with Crippen molar-refractivity contribution in [3.05, 3.63) is 39.2 Å². The van der Waals surface area contributed by atoms with Gasteiger partial charge in [-0.25, -0.2) is 4.79 Å². The second-order valence-electron chi connectivity index (χ2n) is 7.26. The van der Waals surface area contributed by atoms with Gasteiger partial charge in [-0.3, -0.25) is 4.79 Å². The van der Waals surface area contributed by atoms with Gasteiger partial charge in [0.1, 0.15) is 24.4 Å². The van der Waals surface area contributed by atoms with Gasteiger partial charge in [-0.2, -0.15) is 0 Å². The highest BCUT2D eigenvalue weighted by atomic mass is 16.5. The third-order valence-electron chi connectivity index (χ3n) is 5.44. The summed E-state index contributed by atoms with van der Waals surface area (Å²) < 4.78 is 16.2. The number of morpholine rings is 1. The highest BCUT2D eigenvalue weighted by Gasteiger charge is 2.18. The quantitative estimate of drug-likeness (QED) is 0.529. The molecule has 0 bridgehead atoms. The molecule has 1 fully saturated rings. The normalized spacial score (nSPS) is 15.0. The molecule has 1 aliphatic heterocycles. The van der Waals surface area contributed by atoms with Crippen molar-refractivity contribution in [3.8, 4) is 5.75 Å². The van der Waals surface area contributed by atoms with Gasteiger partial charge in [0.2, 0.25) is 5.91 Å². The number of quaternary nitrogens is 1. The van der Waals surface area contributed by atoms with Crippen LogP contribution in [0, 0.1) is 13.8 Å². The average Bonchev–Trinajstić information content (AvgIpc) is 2.70. The largest absolute Gasteiger partial charge is 0.496 e. The molecule has 0 atom stereocenters. The molecule has 0 unspecified atom stereocenters. The molecule has 0 radical (unpaired) electrons. The summed E-state index contributed by atoms with van der Waals surface area (Å²) in [4.78, 5) is 26.3. The van der Waals surface area contributed by atoms with Gasteiger partial charge in [-0.1, -0.05) is 0 Å². The molecule has 1 aromatic carbocycles. The number of fused-ring (bicyclic) bond motifs is 1. The summed E-state index contributed by atoms with van der Waals surface area (Å²) in [5, 5.41) is 3.75. The summed E-state index contributed by atoms with van der Waals surface area (Å²) in [6.07, 6.45) is 0.935. The smallest absolute Gasteiger partial charge is 0.340 e. The third kappa shape index (κ3) is 4.54. The van der Waals surface area contributed by atoms with Crippen molar-refractivity contribution in [2.75, 3.05) is 46.5 Å². The molecule has 0 aliphatic carbocycles. The van der Waals surface area contributed by atoms with Crippen LogP contribution in [-0.2, 0) is 16.0 Å². The van der Waals surface area contributed by atoms with Crippen LogP contribution < -0.4 is 20.6 Å². The van der Waals surface area contributed by atoms with E-state index in [0.29, 0.717) is 23.4 Å². The number of hydrogen-bond acceptors (Lipinski definition) is 5. The number of nitrogens with one attached hydrogen (secondary N) is 2. The van der Waals surface area contributed by atoms with E-state index >= 15 is 0 Å². The van der Waals surface area contributed by atoms with E-state index in [1.165, 1.54) is 4.90 Å². The van der Waals surface area contributed by atoms with E-state index in [-0.39, 0.29) is 12.3 Å². The molecule has 152 valence electrons. The van der Waals surface area contributed by atoms with Crippen LogP contribution >= 0.6 is 0 Å². The fourth-order valence-corrected chi connectivity index (χ4v) is 3.70. The molecule has 1 aromatic heterocycles. The molecular formula is C21H29N2O5+. The molecule has 2 N–H and O–H groups in total. The van der Waals surface area contributed by atoms with Crippen LogP contribution in [-0.4, -0.2) is 52.4 Å².